The predicted octanol–water partition coefficient (Wildman–Crippen LogP) is 4.98. The van der Waals surface area contributed by atoms with E-state index in [1.165, 1.54) is 17.4 Å². The van der Waals surface area contributed by atoms with Gasteiger partial charge < -0.3 is 15.6 Å². The van der Waals surface area contributed by atoms with Crippen molar-refractivity contribution in [2.75, 3.05) is 13.6 Å². The zero-order valence-electron chi connectivity index (χ0n) is 18.1. The van der Waals surface area contributed by atoms with Gasteiger partial charge in [0.1, 0.15) is 5.82 Å². The summed E-state index contributed by atoms with van der Waals surface area (Å²) in [6.07, 6.45) is 0.612. The molecule has 2 heterocycles. The number of hydrogen-bond donors (Lipinski definition) is 3. The van der Waals surface area contributed by atoms with Crippen molar-refractivity contribution in [3.8, 4) is 11.1 Å². The molecule has 0 bridgehead atoms. The maximum absolute atomic E-state index is 14.1. The van der Waals surface area contributed by atoms with Crippen LogP contribution in [0.1, 0.15) is 36.9 Å². The van der Waals surface area contributed by atoms with Gasteiger partial charge in [-0.1, -0.05) is 18.2 Å². The summed E-state index contributed by atoms with van der Waals surface area (Å²) in [5, 5.41) is 8.40. The Bertz CT molecular complexity index is 1300. The first kappa shape index (κ1) is 21.8. The third-order valence-corrected chi connectivity index (χ3v) is 6.55. The van der Waals surface area contributed by atoms with Gasteiger partial charge in [0.15, 0.2) is 0 Å². The number of hydrogen-bond acceptors (Lipinski definition) is 3. The fourth-order valence-electron chi connectivity index (χ4n) is 3.91. The Morgan fingerprint density at radius 1 is 1.03 bits per heavy atom. The minimum Gasteiger partial charge on any atom is -0.356 e. The van der Waals surface area contributed by atoms with Crippen LogP contribution in [0.2, 0.25) is 0 Å². The smallest absolute Gasteiger partial charge is 0.261 e. The van der Waals surface area contributed by atoms with E-state index in [9.17, 15) is 14.0 Å². The van der Waals surface area contributed by atoms with Crippen molar-refractivity contribution in [3.05, 3.63) is 80.9 Å². The summed E-state index contributed by atoms with van der Waals surface area (Å²) in [5.41, 5.74) is 5.95. The molecule has 32 heavy (non-hydrogen) atoms. The second-order valence-electron chi connectivity index (χ2n) is 7.70. The highest BCUT2D eigenvalue weighted by Crippen LogP contribution is 2.28. The molecule has 0 radical (unpaired) electrons. The number of aromatic nitrogens is 1. The molecule has 0 saturated carbocycles. The molecule has 2 aromatic carbocycles. The summed E-state index contributed by atoms with van der Waals surface area (Å²) in [4.78, 5) is 28.1. The Balaban J connectivity index is 1.42. The quantitative estimate of drug-likeness (QED) is 0.388. The van der Waals surface area contributed by atoms with Crippen LogP contribution in [-0.4, -0.2) is 30.4 Å². The molecule has 2 aromatic heterocycles. The van der Waals surface area contributed by atoms with Gasteiger partial charge in [-0.05, 0) is 72.2 Å². The van der Waals surface area contributed by atoms with E-state index in [1.807, 2.05) is 37.4 Å². The first-order valence-electron chi connectivity index (χ1n) is 10.3. The Hall–Kier alpha value is -3.45. The molecular formula is C25H24FN3O2S. The molecule has 5 nitrogen and oxygen atoms in total. The van der Waals surface area contributed by atoms with Crippen LogP contribution in [0.3, 0.4) is 0 Å². The number of rotatable bonds is 6. The number of thiophene rings is 1. The lowest BCUT2D eigenvalue weighted by molar-refractivity contribution is 0.0952. The molecule has 2 amide bonds. The van der Waals surface area contributed by atoms with Crippen molar-refractivity contribution in [2.45, 2.75) is 20.3 Å². The number of carbonyl (C=O) groups is 2. The average Bonchev–Trinajstić information content (AvgIpc) is 3.42. The summed E-state index contributed by atoms with van der Waals surface area (Å²) in [7, 11) is 1.60. The second-order valence-corrected chi connectivity index (χ2v) is 8.62. The minimum absolute atomic E-state index is 0.134. The van der Waals surface area contributed by atoms with E-state index in [4.69, 9.17) is 0 Å². The van der Waals surface area contributed by atoms with Gasteiger partial charge in [-0.15, -0.1) is 11.3 Å². The van der Waals surface area contributed by atoms with Gasteiger partial charge in [-0.25, -0.2) is 4.39 Å². The highest BCUT2D eigenvalue weighted by Gasteiger charge is 2.15. The molecule has 0 unspecified atom stereocenters. The number of carbonyl (C=O) groups excluding carboxylic acids is 2. The van der Waals surface area contributed by atoms with Crippen molar-refractivity contribution in [3.63, 3.8) is 0 Å². The highest BCUT2D eigenvalue weighted by molar-refractivity contribution is 7.12. The number of benzene rings is 2. The third kappa shape index (κ3) is 4.16. The zero-order chi connectivity index (χ0) is 22.8. The van der Waals surface area contributed by atoms with Gasteiger partial charge in [-0.2, -0.15) is 0 Å². The molecule has 0 aliphatic heterocycles. The van der Waals surface area contributed by atoms with Crippen LogP contribution < -0.4 is 10.6 Å². The molecule has 0 aliphatic rings. The largest absolute Gasteiger partial charge is 0.356 e. The lowest BCUT2D eigenvalue weighted by Crippen LogP contribution is -2.25. The Morgan fingerprint density at radius 2 is 1.78 bits per heavy atom. The maximum Gasteiger partial charge on any atom is 0.261 e. The number of aromatic amines is 1. The van der Waals surface area contributed by atoms with E-state index in [1.54, 1.807) is 25.2 Å². The van der Waals surface area contributed by atoms with E-state index in [0.717, 1.165) is 33.3 Å². The zero-order valence-corrected chi connectivity index (χ0v) is 19.0. The molecule has 3 N–H and O–H groups in total. The van der Waals surface area contributed by atoms with E-state index in [-0.39, 0.29) is 17.6 Å². The van der Waals surface area contributed by atoms with Gasteiger partial charge in [0.2, 0.25) is 0 Å². The summed E-state index contributed by atoms with van der Waals surface area (Å²) in [6, 6.07) is 12.4. The molecule has 4 aromatic rings. The maximum atomic E-state index is 14.1. The van der Waals surface area contributed by atoms with Crippen LogP contribution in [0.25, 0.3) is 22.0 Å². The summed E-state index contributed by atoms with van der Waals surface area (Å²) < 4.78 is 14.1. The van der Waals surface area contributed by atoms with E-state index >= 15 is 0 Å². The molecule has 0 atom stereocenters. The summed E-state index contributed by atoms with van der Waals surface area (Å²) >= 11 is 1.38. The van der Waals surface area contributed by atoms with Crippen molar-refractivity contribution < 1.29 is 14.0 Å². The molecule has 0 saturated heterocycles. The summed E-state index contributed by atoms with van der Waals surface area (Å²) in [6.45, 7) is 4.35. The Kier molecular flexibility index (Phi) is 6.10. The SMILES string of the molecule is CNC(=O)c1ccc(-c2csc(C(=O)NCCc3c(C)[nH]c4c(F)ccc(C)c34)c2)cc1. The van der Waals surface area contributed by atoms with Gasteiger partial charge in [0, 0.05) is 30.2 Å². The number of H-pyrrole nitrogens is 1. The van der Waals surface area contributed by atoms with Gasteiger partial charge in [0.25, 0.3) is 11.8 Å². The molecule has 164 valence electrons. The number of nitrogens with one attached hydrogen (secondary N) is 3. The summed E-state index contributed by atoms with van der Waals surface area (Å²) in [5.74, 6) is -0.535. The average molecular weight is 450 g/mol. The van der Waals surface area contributed by atoms with E-state index in [2.05, 4.69) is 15.6 Å². The van der Waals surface area contributed by atoms with Crippen LogP contribution in [0.15, 0.2) is 47.8 Å². The second kappa shape index (κ2) is 8.96. The minimum atomic E-state index is -0.265. The highest BCUT2D eigenvalue weighted by atomic mass is 32.1. The van der Waals surface area contributed by atoms with Crippen molar-refractivity contribution in [2.24, 2.45) is 0 Å². The number of halogens is 1. The monoisotopic (exact) mass is 449 g/mol. The lowest BCUT2D eigenvalue weighted by Gasteiger charge is -2.06. The predicted molar refractivity (Wildman–Crippen MR) is 127 cm³/mol. The van der Waals surface area contributed by atoms with Crippen molar-refractivity contribution >= 4 is 34.1 Å². The van der Waals surface area contributed by atoms with Gasteiger partial charge in [0.05, 0.1) is 10.4 Å². The van der Waals surface area contributed by atoms with Crippen LogP contribution in [0.4, 0.5) is 4.39 Å². The topological polar surface area (TPSA) is 74.0 Å². The first-order valence-corrected chi connectivity index (χ1v) is 11.2. The van der Waals surface area contributed by atoms with Crippen LogP contribution >= 0.6 is 11.3 Å². The van der Waals surface area contributed by atoms with Crippen LogP contribution in [0.5, 0.6) is 0 Å². The molecular weight excluding hydrogens is 425 g/mol. The molecule has 0 spiro atoms. The molecule has 0 aliphatic carbocycles. The van der Waals surface area contributed by atoms with E-state index < -0.39 is 0 Å². The van der Waals surface area contributed by atoms with E-state index in [0.29, 0.717) is 28.9 Å². The third-order valence-electron chi connectivity index (χ3n) is 5.62. The number of aryl methyl sites for hydroxylation is 2. The normalized spacial score (nSPS) is 11.0. The Morgan fingerprint density at radius 3 is 2.50 bits per heavy atom. The molecule has 0 fully saturated rings. The molecule has 7 heteroatoms. The fraction of sp³-hybridized carbons (Fsp3) is 0.200. The van der Waals surface area contributed by atoms with Crippen LogP contribution in [-0.2, 0) is 6.42 Å². The Labute approximate surface area is 189 Å². The lowest BCUT2D eigenvalue weighted by atomic mass is 10.0. The van der Waals surface area contributed by atoms with Gasteiger partial charge in [-0.3, -0.25) is 9.59 Å². The van der Waals surface area contributed by atoms with Crippen molar-refractivity contribution in [1.82, 2.24) is 15.6 Å². The van der Waals surface area contributed by atoms with Crippen LogP contribution in [0, 0.1) is 19.7 Å². The fourth-order valence-corrected chi connectivity index (χ4v) is 4.74. The number of amides is 2. The molecule has 4 rings (SSSR count). The number of fused-ring (bicyclic) bond motifs is 1. The van der Waals surface area contributed by atoms with Gasteiger partial charge >= 0.3 is 0 Å². The first-order chi connectivity index (χ1) is 15.4. The van der Waals surface area contributed by atoms with Crippen molar-refractivity contribution in [1.29, 1.82) is 0 Å². The standard InChI is InChI=1S/C25H24FN3O2S/c1-14-4-9-20(26)23-22(14)19(15(2)29-23)10-11-28-25(31)21-12-18(13-32-21)16-5-7-17(8-6-16)24(30)27-3/h4-9,12-13,29H,10-11H2,1-3H3,(H,27,30)(H,28,31).